The molecule has 0 atom stereocenters. The molecule has 0 saturated heterocycles. The molecular formula is C17H15FN2O. The number of rotatable bonds is 3. The van der Waals surface area contributed by atoms with Crippen molar-refractivity contribution in [3.05, 3.63) is 58.9 Å². The molecule has 0 aromatic heterocycles. The van der Waals surface area contributed by atoms with E-state index < -0.39 is 0 Å². The molecule has 0 N–H and O–H groups in total. The van der Waals surface area contributed by atoms with Crippen LogP contribution in [0.25, 0.3) is 0 Å². The highest BCUT2D eigenvalue weighted by Crippen LogP contribution is 2.32. The van der Waals surface area contributed by atoms with E-state index in [4.69, 9.17) is 10.00 Å². The number of ether oxygens (including phenoxy) is 1. The molecular weight excluding hydrogens is 267 g/mol. The average Bonchev–Trinajstić information content (AvgIpc) is 2.89. The molecule has 21 heavy (non-hydrogen) atoms. The quantitative estimate of drug-likeness (QED) is 0.867. The lowest BCUT2D eigenvalue weighted by Gasteiger charge is -2.21. The summed E-state index contributed by atoms with van der Waals surface area (Å²) in [5, 5.41) is 9.03. The monoisotopic (exact) mass is 282 g/mol. The van der Waals surface area contributed by atoms with Crippen molar-refractivity contribution in [1.82, 2.24) is 0 Å². The zero-order valence-electron chi connectivity index (χ0n) is 11.8. The second-order valence-electron chi connectivity index (χ2n) is 5.08. The molecule has 1 aliphatic rings. The summed E-state index contributed by atoms with van der Waals surface area (Å²) >= 11 is 0. The van der Waals surface area contributed by atoms with Crippen LogP contribution in [-0.2, 0) is 13.0 Å². The van der Waals surface area contributed by atoms with Crippen molar-refractivity contribution in [3.8, 4) is 11.8 Å². The molecule has 1 aliphatic heterocycles. The maximum atomic E-state index is 13.4. The first-order valence-corrected chi connectivity index (χ1v) is 6.81. The van der Waals surface area contributed by atoms with E-state index in [1.165, 1.54) is 6.07 Å². The number of hydrogen-bond donors (Lipinski definition) is 0. The Hall–Kier alpha value is -2.54. The van der Waals surface area contributed by atoms with Crippen molar-refractivity contribution in [2.45, 2.75) is 13.0 Å². The van der Waals surface area contributed by atoms with Gasteiger partial charge < -0.3 is 9.64 Å². The Labute approximate surface area is 123 Å². The van der Waals surface area contributed by atoms with Crippen LogP contribution in [0.5, 0.6) is 5.75 Å². The highest BCUT2D eigenvalue weighted by Gasteiger charge is 2.21. The largest absolute Gasteiger partial charge is 0.496 e. The Bertz CT molecular complexity index is 721. The molecule has 2 aromatic carbocycles. The zero-order valence-corrected chi connectivity index (χ0v) is 11.8. The van der Waals surface area contributed by atoms with Crippen molar-refractivity contribution in [2.75, 3.05) is 18.6 Å². The Morgan fingerprint density at radius 3 is 2.90 bits per heavy atom. The molecule has 1 heterocycles. The van der Waals surface area contributed by atoms with Gasteiger partial charge in [0.05, 0.1) is 18.7 Å². The van der Waals surface area contributed by atoms with Gasteiger partial charge in [-0.25, -0.2) is 4.39 Å². The van der Waals surface area contributed by atoms with E-state index in [0.717, 1.165) is 35.5 Å². The molecule has 0 radical (unpaired) electrons. The molecule has 106 valence electrons. The third kappa shape index (κ3) is 2.55. The van der Waals surface area contributed by atoms with Gasteiger partial charge in [0.2, 0.25) is 0 Å². The van der Waals surface area contributed by atoms with Crippen LogP contribution in [0.15, 0.2) is 36.4 Å². The topological polar surface area (TPSA) is 36.3 Å². The lowest BCUT2D eigenvalue weighted by atomic mass is 10.1. The minimum absolute atomic E-state index is 0.224. The van der Waals surface area contributed by atoms with Crippen molar-refractivity contribution < 1.29 is 9.13 Å². The Balaban J connectivity index is 1.92. The van der Waals surface area contributed by atoms with Crippen LogP contribution in [0, 0.1) is 17.1 Å². The Morgan fingerprint density at radius 1 is 1.29 bits per heavy atom. The fraction of sp³-hybridized carbons (Fsp3) is 0.235. The van der Waals surface area contributed by atoms with Crippen molar-refractivity contribution in [2.24, 2.45) is 0 Å². The van der Waals surface area contributed by atoms with Crippen LogP contribution in [0.3, 0.4) is 0 Å². The number of halogens is 1. The third-order valence-corrected chi connectivity index (χ3v) is 3.81. The van der Waals surface area contributed by atoms with Gasteiger partial charge in [-0.15, -0.1) is 0 Å². The number of methoxy groups -OCH3 is 1. The Kier molecular flexibility index (Phi) is 3.49. The van der Waals surface area contributed by atoms with Crippen LogP contribution in [0.4, 0.5) is 10.1 Å². The van der Waals surface area contributed by atoms with Gasteiger partial charge in [-0.1, -0.05) is 6.07 Å². The normalized spacial score (nSPS) is 12.9. The number of anilines is 1. The third-order valence-electron chi connectivity index (χ3n) is 3.81. The van der Waals surface area contributed by atoms with Crippen LogP contribution in [0.2, 0.25) is 0 Å². The fourth-order valence-corrected chi connectivity index (χ4v) is 2.76. The number of benzene rings is 2. The summed E-state index contributed by atoms with van der Waals surface area (Å²) in [7, 11) is 1.61. The van der Waals surface area contributed by atoms with Crippen LogP contribution in [-0.4, -0.2) is 13.7 Å². The molecule has 3 nitrogen and oxygen atoms in total. The zero-order chi connectivity index (χ0) is 14.8. The van der Waals surface area contributed by atoms with E-state index in [2.05, 4.69) is 11.0 Å². The SMILES string of the molecule is COc1ccc(C#N)cc1CN1CCc2ccc(F)cc21. The number of nitriles is 1. The van der Waals surface area contributed by atoms with E-state index in [-0.39, 0.29) is 5.82 Å². The van der Waals surface area contributed by atoms with Crippen molar-refractivity contribution in [3.63, 3.8) is 0 Å². The first-order chi connectivity index (χ1) is 10.2. The first kappa shape index (κ1) is 13.4. The van der Waals surface area contributed by atoms with E-state index >= 15 is 0 Å². The molecule has 0 fully saturated rings. The summed E-state index contributed by atoms with van der Waals surface area (Å²) in [4.78, 5) is 2.12. The lowest BCUT2D eigenvalue weighted by molar-refractivity contribution is 0.409. The summed E-state index contributed by atoms with van der Waals surface area (Å²) in [6.07, 6.45) is 0.913. The summed E-state index contributed by atoms with van der Waals surface area (Å²) in [6.45, 7) is 1.45. The number of fused-ring (bicyclic) bond motifs is 1. The predicted octanol–water partition coefficient (Wildman–Crippen LogP) is 3.27. The second kappa shape index (κ2) is 5.45. The van der Waals surface area contributed by atoms with E-state index in [1.54, 1.807) is 25.3 Å². The van der Waals surface area contributed by atoms with Crippen molar-refractivity contribution >= 4 is 5.69 Å². The molecule has 2 aromatic rings. The smallest absolute Gasteiger partial charge is 0.125 e. The summed E-state index contributed by atoms with van der Waals surface area (Å²) in [6, 6.07) is 12.4. The van der Waals surface area contributed by atoms with Gasteiger partial charge in [-0.05, 0) is 42.3 Å². The van der Waals surface area contributed by atoms with Crippen LogP contribution >= 0.6 is 0 Å². The van der Waals surface area contributed by atoms with E-state index in [1.807, 2.05) is 12.1 Å². The van der Waals surface area contributed by atoms with E-state index in [9.17, 15) is 4.39 Å². The molecule has 3 rings (SSSR count). The second-order valence-corrected chi connectivity index (χ2v) is 5.08. The molecule has 0 spiro atoms. The number of hydrogen-bond acceptors (Lipinski definition) is 3. The molecule has 0 saturated carbocycles. The standard InChI is InChI=1S/C17H15FN2O/c1-21-17-5-2-12(10-19)8-14(17)11-20-7-6-13-3-4-15(18)9-16(13)20/h2-5,8-9H,6-7,11H2,1H3. The first-order valence-electron chi connectivity index (χ1n) is 6.81. The van der Waals surface area contributed by atoms with Crippen molar-refractivity contribution in [1.29, 1.82) is 5.26 Å². The molecule has 0 unspecified atom stereocenters. The van der Waals surface area contributed by atoms with Gasteiger partial charge in [0.1, 0.15) is 11.6 Å². The summed E-state index contributed by atoms with van der Waals surface area (Å²) in [5.74, 6) is 0.525. The van der Waals surface area contributed by atoms with Gasteiger partial charge in [-0.3, -0.25) is 0 Å². The minimum atomic E-state index is -0.224. The fourth-order valence-electron chi connectivity index (χ4n) is 2.76. The van der Waals surface area contributed by atoms with Gasteiger partial charge in [0.25, 0.3) is 0 Å². The summed E-state index contributed by atoms with van der Waals surface area (Å²) < 4.78 is 18.8. The number of nitrogens with zero attached hydrogens (tertiary/aromatic N) is 2. The highest BCUT2D eigenvalue weighted by atomic mass is 19.1. The van der Waals surface area contributed by atoms with Gasteiger partial charge in [0, 0.05) is 24.3 Å². The molecule has 0 aliphatic carbocycles. The maximum absolute atomic E-state index is 13.4. The highest BCUT2D eigenvalue weighted by molar-refractivity contribution is 5.59. The van der Waals surface area contributed by atoms with Crippen LogP contribution in [0.1, 0.15) is 16.7 Å². The Morgan fingerprint density at radius 2 is 2.14 bits per heavy atom. The maximum Gasteiger partial charge on any atom is 0.125 e. The molecule has 4 heteroatoms. The molecule has 0 amide bonds. The van der Waals surface area contributed by atoms with Gasteiger partial charge >= 0.3 is 0 Å². The predicted molar refractivity (Wildman–Crippen MR) is 78.9 cm³/mol. The molecule has 0 bridgehead atoms. The lowest BCUT2D eigenvalue weighted by Crippen LogP contribution is -2.20. The van der Waals surface area contributed by atoms with E-state index in [0.29, 0.717) is 12.1 Å². The average molecular weight is 282 g/mol. The van der Waals surface area contributed by atoms with Gasteiger partial charge in [-0.2, -0.15) is 5.26 Å². The summed E-state index contributed by atoms with van der Waals surface area (Å²) in [5.41, 5.74) is 3.63. The van der Waals surface area contributed by atoms with Crippen LogP contribution < -0.4 is 9.64 Å². The minimum Gasteiger partial charge on any atom is -0.496 e. The van der Waals surface area contributed by atoms with Gasteiger partial charge in [0.15, 0.2) is 0 Å².